The van der Waals surface area contributed by atoms with Crippen LogP contribution >= 0.6 is 11.3 Å². The molecule has 134 valence electrons. The molecule has 2 aromatic rings. The Balaban J connectivity index is 2.03. The van der Waals surface area contributed by atoms with Gasteiger partial charge in [-0.1, -0.05) is 33.8 Å². The van der Waals surface area contributed by atoms with Crippen molar-refractivity contribution >= 4 is 17.3 Å². The number of fused-ring (bicyclic) bond motifs is 1. The van der Waals surface area contributed by atoms with Crippen LogP contribution in [0.4, 0.5) is 0 Å². The lowest BCUT2D eigenvalue weighted by Gasteiger charge is -2.42. The fourth-order valence-corrected chi connectivity index (χ4v) is 4.96. The van der Waals surface area contributed by atoms with Crippen molar-refractivity contribution in [3.8, 4) is 10.4 Å². The van der Waals surface area contributed by atoms with Gasteiger partial charge in [-0.25, -0.2) is 0 Å². The maximum absolute atomic E-state index is 10.8. The zero-order chi connectivity index (χ0) is 18.4. The monoisotopic (exact) mass is 356 g/mol. The average molecular weight is 357 g/mol. The second kappa shape index (κ2) is 6.28. The van der Waals surface area contributed by atoms with Gasteiger partial charge in [-0.15, -0.1) is 11.3 Å². The van der Waals surface area contributed by atoms with E-state index < -0.39 is 5.97 Å². The summed E-state index contributed by atoms with van der Waals surface area (Å²) in [5.41, 5.74) is 6.03. The Morgan fingerprint density at radius 1 is 1.08 bits per heavy atom. The molecule has 0 spiro atoms. The molecule has 3 heteroatoms. The predicted octanol–water partition coefficient (Wildman–Crippen LogP) is 6.09. The number of hydrogen-bond acceptors (Lipinski definition) is 2. The van der Waals surface area contributed by atoms with E-state index in [4.69, 9.17) is 5.11 Å². The first-order chi connectivity index (χ1) is 11.6. The van der Waals surface area contributed by atoms with Crippen LogP contribution in [0, 0.1) is 6.92 Å². The molecule has 25 heavy (non-hydrogen) atoms. The second-order valence-corrected chi connectivity index (χ2v) is 9.81. The normalized spacial score (nSPS) is 18.0. The smallest absolute Gasteiger partial charge is 0.303 e. The van der Waals surface area contributed by atoms with Gasteiger partial charge in [0.15, 0.2) is 0 Å². The Morgan fingerprint density at radius 2 is 1.68 bits per heavy atom. The third-order valence-corrected chi connectivity index (χ3v) is 6.89. The molecule has 1 aromatic heterocycles. The van der Waals surface area contributed by atoms with Crippen molar-refractivity contribution in [3.63, 3.8) is 0 Å². The molecular formula is C22H28O2S. The molecule has 0 unspecified atom stereocenters. The first-order valence-electron chi connectivity index (χ1n) is 9.07. The molecule has 2 nitrogen and oxygen atoms in total. The Hall–Kier alpha value is -1.61. The van der Waals surface area contributed by atoms with Gasteiger partial charge in [-0.3, -0.25) is 4.79 Å². The van der Waals surface area contributed by atoms with Crippen molar-refractivity contribution in [2.75, 3.05) is 0 Å². The number of hydrogen-bond donors (Lipinski definition) is 1. The van der Waals surface area contributed by atoms with Gasteiger partial charge < -0.3 is 5.11 Å². The Labute approximate surface area is 154 Å². The fourth-order valence-electron chi connectivity index (χ4n) is 3.87. The maximum atomic E-state index is 10.8. The van der Waals surface area contributed by atoms with Crippen molar-refractivity contribution in [1.82, 2.24) is 0 Å². The number of thiophene rings is 1. The van der Waals surface area contributed by atoms with Crippen LogP contribution in [0.25, 0.3) is 10.4 Å². The molecule has 0 aliphatic heterocycles. The number of carbonyl (C=O) groups is 1. The highest BCUT2D eigenvalue weighted by molar-refractivity contribution is 7.15. The lowest BCUT2D eigenvalue weighted by atomic mass is 9.62. The molecule has 1 heterocycles. The van der Waals surface area contributed by atoms with Crippen LogP contribution < -0.4 is 0 Å². The van der Waals surface area contributed by atoms with Gasteiger partial charge in [0.25, 0.3) is 0 Å². The SMILES string of the molecule is Cc1cc2c(cc1-c1ccc(CCC(=O)O)s1)C(C)(C)CCC2(C)C. The van der Waals surface area contributed by atoms with E-state index in [1.54, 1.807) is 11.3 Å². The summed E-state index contributed by atoms with van der Waals surface area (Å²) in [5.74, 6) is -0.733. The molecule has 1 aromatic carbocycles. The Kier molecular flexibility index (Phi) is 4.57. The predicted molar refractivity (Wildman–Crippen MR) is 106 cm³/mol. The molecule has 0 fully saturated rings. The van der Waals surface area contributed by atoms with Gasteiger partial charge in [0.05, 0.1) is 6.42 Å². The molecule has 0 radical (unpaired) electrons. The minimum absolute atomic E-state index is 0.199. The van der Waals surface area contributed by atoms with E-state index in [0.717, 1.165) is 4.88 Å². The third-order valence-electron chi connectivity index (χ3n) is 5.71. The van der Waals surface area contributed by atoms with Crippen molar-refractivity contribution in [2.45, 2.75) is 71.1 Å². The summed E-state index contributed by atoms with van der Waals surface area (Å²) in [6, 6.07) is 9.02. The lowest BCUT2D eigenvalue weighted by molar-refractivity contribution is -0.136. The van der Waals surface area contributed by atoms with E-state index >= 15 is 0 Å². The van der Waals surface area contributed by atoms with Crippen molar-refractivity contribution < 1.29 is 9.90 Å². The van der Waals surface area contributed by atoms with E-state index in [9.17, 15) is 4.79 Å². The van der Waals surface area contributed by atoms with E-state index in [1.807, 2.05) is 0 Å². The van der Waals surface area contributed by atoms with Gasteiger partial charge in [0.1, 0.15) is 0 Å². The first kappa shape index (κ1) is 18.2. The molecule has 3 rings (SSSR count). The van der Waals surface area contributed by atoms with Crippen LogP contribution in [-0.4, -0.2) is 11.1 Å². The van der Waals surface area contributed by atoms with Gasteiger partial charge in [0, 0.05) is 9.75 Å². The lowest BCUT2D eigenvalue weighted by Crippen LogP contribution is -2.34. The topological polar surface area (TPSA) is 37.3 Å². The van der Waals surface area contributed by atoms with E-state index in [-0.39, 0.29) is 17.3 Å². The number of aryl methyl sites for hydroxylation is 2. The van der Waals surface area contributed by atoms with Gasteiger partial charge >= 0.3 is 5.97 Å². The number of aliphatic carboxylic acids is 1. The van der Waals surface area contributed by atoms with E-state index in [1.165, 1.54) is 40.0 Å². The van der Waals surface area contributed by atoms with Gasteiger partial charge in [0.2, 0.25) is 0 Å². The average Bonchev–Trinajstić information content (AvgIpc) is 2.98. The van der Waals surface area contributed by atoms with Gasteiger partial charge in [-0.2, -0.15) is 0 Å². The Morgan fingerprint density at radius 3 is 2.28 bits per heavy atom. The summed E-state index contributed by atoms with van der Waals surface area (Å²) in [5, 5.41) is 8.89. The molecule has 0 bridgehead atoms. The molecule has 0 atom stereocenters. The quantitative estimate of drug-likeness (QED) is 0.720. The maximum Gasteiger partial charge on any atom is 0.303 e. The molecule has 0 saturated heterocycles. The number of carboxylic acid groups (broad SMARTS) is 1. The minimum atomic E-state index is -0.733. The fraction of sp³-hybridized carbons (Fsp3) is 0.500. The molecule has 0 saturated carbocycles. The summed E-state index contributed by atoms with van der Waals surface area (Å²) in [6.07, 6.45) is 3.25. The third kappa shape index (κ3) is 3.52. The Bertz CT molecular complexity index is 811. The van der Waals surface area contributed by atoms with E-state index in [2.05, 4.69) is 58.9 Å². The first-order valence-corrected chi connectivity index (χ1v) is 9.88. The summed E-state index contributed by atoms with van der Waals surface area (Å²) >= 11 is 1.73. The molecular weight excluding hydrogens is 328 g/mol. The molecule has 1 aliphatic carbocycles. The second-order valence-electron chi connectivity index (χ2n) is 8.64. The summed E-state index contributed by atoms with van der Waals surface area (Å²) in [7, 11) is 0. The number of carboxylic acids is 1. The van der Waals surface area contributed by atoms with Crippen molar-refractivity contribution in [3.05, 3.63) is 45.8 Å². The number of benzene rings is 1. The molecule has 0 amide bonds. The number of rotatable bonds is 4. The van der Waals surface area contributed by atoms with E-state index in [0.29, 0.717) is 6.42 Å². The largest absolute Gasteiger partial charge is 0.481 e. The van der Waals surface area contributed by atoms with Crippen LogP contribution in [0.5, 0.6) is 0 Å². The summed E-state index contributed by atoms with van der Waals surface area (Å²) in [4.78, 5) is 13.2. The molecule has 1 aliphatic rings. The van der Waals surface area contributed by atoms with Crippen LogP contribution in [0.1, 0.15) is 68.5 Å². The van der Waals surface area contributed by atoms with Crippen LogP contribution in [0.2, 0.25) is 0 Å². The van der Waals surface area contributed by atoms with Crippen LogP contribution in [0.3, 0.4) is 0 Å². The van der Waals surface area contributed by atoms with Crippen LogP contribution in [-0.2, 0) is 22.0 Å². The zero-order valence-electron chi connectivity index (χ0n) is 15.9. The highest BCUT2D eigenvalue weighted by atomic mass is 32.1. The molecule has 1 N–H and O–H groups in total. The zero-order valence-corrected chi connectivity index (χ0v) is 16.7. The summed E-state index contributed by atoms with van der Waals surface area (Å²) < 4.78 is 0. The van der Waals surface area contributed by atoms with Crippen molar-refractivity contribution in [1.29, 1.82) is 0 Å². The minimum Gasteiger partial charge on any atom is -0.481 e. The van der Waals surface area contributed by atoms with Crippen molar-refractivity contribution in [2.24, 2.45) is 0 Å². The summed E-state index contributed by atoms with van der Waals surface area (Å²) in [6.45, 7) is 11.6. The highest BCUT2D eigenvalue weighted by Gasteiger charge is 2.37. The standard InChI is InChI=1S/C22H28O2S/c1-14-12-17-18(22(4,5)11-10-21(17,2)3)13-16(14)19-8-6-15(25-19)7-9-20(23)24/h6,8,12-13H,7,9-11H2,1-5H3,(H,23,24). The highest BCUT2D eigenvalue weighted by Crippen LogP contribution is 2.48. The van der Waals surface area contributed by atoms with Gasteiger partial charge in [-0.05, 0) is 77.5 Å². The van der Waals surface area contributed by atoms with Crippen LogP contribution in [0.15, 0.2) is 24.3 Å².